The molecule has 0 radical (unpaired) electrons. The molecule has 2 unspecified atom stereocenters. The van der Waals surface area contributed by atoms with Crippen LogP contribution in [0.2, 0.25) is 0 Å². The summed E-state index contributed by atoms with van der Waals surface area (Å²) in [6.45, 7) is 13.0. The van der Waals surface area contributed by atoms with E-state index in [1.54, 1.807) is 0 Å². The number of hydrogen-bond donors (Lipinski definition) is 0. The smallest absolute Gasteiger partial charge is 0.236 e. The average molecular weight is 320 g/mol. The Kier molecular flexibility index (Phi) is 4.46. The Morgan fingerprint density at radius 1 is 1.27 bits per heavy atom. The third kappa shape index (κ3) is 3.02. The zero-order valence-corrected chi connectivity index (χ0v) is 15.1. The maximum absolute atomic E-state index is 13.1. The molecule has 2 atom stereocenters. The van der Waals surface area contributed by atoms with Crippen molar-refractivity contribution in [2.45, 2.75) is 64.5 Å². The second-order valence-electron chi connectivity index (χ2n) is 8.04. The minimum absolute atomic E-state index is 0.0644. The quantitative estimate of drug-likeness (QED) is 0.683. The Labute approximate surface area is 139 Å². The minimum atomic E-state index is 0.0644. The third-order valence-electron chi connectivity index (χ3n) is 5.45. The molecule has 2 nitrogen and oxygen atoms in total. The van der Waals surface area contributed by atoms with Gasteiger partial charge in [-0.05, 0) is 55.8 Å². The molecule has 2 aliphatic heterocycles. The Bertz CT molecular complexity index is 514. The van der Waals surface area contributed by atoms with E-state index in [9.17, 15) is 4.79 Å². The van der Waals surface area contributed by atoms with Crippen LogP contribution in [0.4, 0.5) is 0 Å². The summed E-state index contributed by atoms with van der Waals surface area (Å²) in [5, 5.41) is 0.0644. The third-order valence-corrected chi connectivity index (χ3v) is 6.92. The van der Waals surface area contributed by atoms with Gasteiger partial charge in [-0.2, -0.15) is 0 Å². The first kappa shape index (κ1) is 16.2. The summed E-state index contributed by atoms with van der Waals surface area (Å²) in [5.41, 5.74) is 3.07. The number of piperidine rings is 1. The highest BCUT2D eigenvalue weighted by atomic mass is 32.2. The first-order valence-electron chi connectivity index (χ1n) is 8.72. The second-order valence-corrected chi connectivity index (χ2v) is 9.27. The number of nitrogens with zero attached hydrogens (tertiary/aromatic N) is 1. The van der Waals surface area contributed by atoms with Crippen LogP contribution in [0.1, 0.15) is 59.3 Å². The molecule has 3 rings (SSSR count). The standard InChI is InChI=1S/C19H29NOS/c1-13(2)16-14-12-19(3,4)9-8-15(14)22-17(16)18(21)20-10-6-5-7-11-20/h16-17H,1,5-12H2,2-4H3. The van der Waals surface area contributed by atoms with E-state index in [1.165, 1.54) is 41.7 Å². The molecule has 1 aliphatic carbocycles. The molecule has 1 fully saturated rings. The molecule has 122 valence electrons. The molecule has 1 amide bonds. The van der Waals surface area contributed by atoms with Gasteiger partial charge in [0.05, 0.1) is 5.25 Å². The SMILES string of the molecule is C=C(C)C1C2=C(CCC(C)(C)C2)SC1C(=O)N1CCCCC1. The van der Waals surface area contributed by atoms with Crippen LogP contribution in [0.5, 0.6) is 0 Å². The maximum atomic E-state index is 13.1. The fourth-order valence-corrected chi connectivity index (χ4v) is 5.84. The molecule has 0 N–H and O–H groups in total. The zero-order chi connectivity index (χ0) is 15.9. The maximum Gasteiger partial charge on any atom is 0.236 e. The van der Waals surface area contributed by atoms with E-state index in [-0.39, 0.29) is 11.2 Å². The molecule has 0 aromatic heterocycles. The summed E-state index contributed by atoms with van der Waals surface area (Å²) in [7, 11) is 0. The van der Waals surface area contributed by atoms with Gasteiger partial charge in [0.2, 0.25) is 5.91 Å². The van der Waals surface area contributed by atoms with E-state index in [0.717, 1.165) is 25.9 Å². The number of likely N-dealkylation sites (tertiary alicyclic amines) is 1. The Balaban J connectivity index is 1.82. The second kappa shape index (κ2) is 6.07. The van der Waals surface area contributed by atoms with Gasteiger partial charge in [0.25, 0.3) is 0 Å². The molecule has 0 aromatic rings. The number of thioether (sulfide) groups is 1. The Morgan fingerprint density at radius 2 is 1.95 bits per heavy atom. The molecular formula is C19H29NOS. The predicted molar refractivity (Wildman–Crippen MR) is 94.8 cm³/mol. The lowest BCUT2D eigenvalue weighted by Crippen LogP contribution is -2.43. The van der Waals surface area contributed by atoms with Crippen molar-refractivity contribution < 1.29 is 4.79 Å². The molecule has 3 heteroatoms. The van der Waals surface area contributed by atoms with Gasteiger partial charge in [0.1, 0.15) is 0 Å². The van der Waals surface area contributed by atoms with Crippen LogP contribution >= 0.6 is 11.8 Å². The van der Waals surface area contributed by atoms with E-state index in [4.69, 9.17) is 0 Å². The summed E-state index contributed by atoms with van der Waals surface area (Å²) in [6.07, 6.45) is 7.14. The van der Waals surface area contributed by atoms with E-state index in [0.29, 0.717) is 11.3 Å². The highest BCUT2D eigenvalue weighted by molar-refractivity contribution is 8.04. The number of amides is 1. The van der Waals surface area contributed by atoms with Crippen molar-refractivity contribution in [2.24, 2.45) is 11.3 Å². The van der Waals surface area contributed by atoms with Gasteiger partial charge in [-0.25, -0.2) is 0 Å². The van der Waals surface area contributed by atoms with Crippen molar-refractivity contribution in [3.8, 4) is 0 Å². The van der Waals surface area contributed by atoms with Crippen molar-refractivity contribution in [3.63, 3.8) is 0 Å². The fraction of sp³-hybridized carbons (Fsp3) is 0.737. The molecule has 0 aromatic carbocycles. The van der Waals surface area contributed by atoms with E-state index < -0.39 is 0 Å². The van der Waals surface area contributed by atoms with Crippen LogP contribution in [0.3, 0.4) is 0 Å². The lowest BCUT2D eigenvalue weighted by molar-refractivity contribution is -0.131. The predicted octanol–water partition coefficient (Wildman–Crippen LogP) is 4.77. The molecule has 0 spiro atoms. The van der Waals surface area contributed by atoms with Crippen molar-refractivity contribution >= 4 is 17.7 Å². The molecule has 0 saturated carbocycles. The normalized spacial score (nSPS) is 31.1. The molecule has 1 saturated heterocycles. The lowest BCUT2D eigenvalue weighted by atomic mass is 9.72. The minimum Gasteiger partial charge on any atom is -0.342 e. The highest BCUT2D eigenvalue weighted by Gasteiger charge is 2.45. The summed E-state index contributed by atoms with van der Waals surface area (Å²) >= 11 is 1.86. The van der Waals surface area contributed by atoms with Crippen molar-refractivity contribution in [1.82, 2.24) is 4.90 Å². The van der Waals surface area contributed by atoms with Crippen molar-refractivity contribution in [1.29, 1.82) is 0 Å². The first-order chi connectivity index (χ1) is 10.4. The topological polar surface area (TPSA) is 20.3 Å². The summed E-state index contributed by atoms with van der Waals surface area (Å²) < 4.78 is 0. The van der Waals surface area contributed by atoms with Crippen LogP contribution in [0.15, 0.2) is 22.6 Å². The van der Waals surface area contributed by atoms with Gasteiger partial charge in [0, 0.05) is 19.0 Å². The van der Waals surface area contributed by atoms with E-state index >= 15 is 0 Å². The van der Waals surface area contributed by atoms with Crippen LogP contribution in [-0.4, -0.2) is 29.1 Å². The van der Waals surface area contributed by atoms with Crippen molar-refractivity contribution in [3.05, 3.63) is 22.6 Å². The van der Waals surface area contributed by atoms with E-state index in [2.05, 4.69) is 32.3 Å². The molecule has 22 heavy (non-hydrogen) atoms. The molecule has 0 bridgehead atoms. The van der Waals surface area contributed by atoms with Gasteiger partial charge < -0.3 is 4.90 Å². The fourth-order valence-electron chi connectivity index (χ4n) is 4.18. The summed E-state index contributed by atoms with van der Waals surface area (Å²) in [6, 6.07) is 0. The monoisotopic (exact) mass is 319 g/mol. The molecular weight excluding hydrogens is 290 g/mol. The van der Waals surface area contributed by atoms with Crippen LogP contribution in [0.25, 0.3) is 0 Å². The van der Waals surface area contributed by atoms with Gasteiger partial charge >= 0.3 is 0 Å². The summed E-state index contributed by atoms with van der Waals surface area (Å²) in [4.78, 5) is 16.7. The van der Waals surface area contributed by atoms with Gasteiger partial charge in [-0.3, -0.25) is 4.79 Å². The van der Waals surface area contributed by atoms with E-state index in [1.807, 2.05) is 11.8 Å². The Hall–Kier alpha value is -0.700. The highest BCUT2D eigenvalue weighted by Crippen LogP contribution is 2.55. The number of carbonyl (C=O) groups is 1. The van der Waals surface area contributed by atoms with Crippen molar-refractivity contribution in [2.75, 3.05) is 13.1 Å². The van der Waals surface area contributed by atoms with Crippen LogP contribution in [0, 0.1) is 11.3 Å². The zero-order valence-electron chi connectivity index (χ0n) is 14.3. The lowest BCUT2D eigenvalue weighted by Gasteiger charge is -2.34. The molecule has 3 aliphatic rings. The first-order valence-corrected chi connectivity index (χ1v) is 9.60. The van der Waals surface area contributed by atoms with Gasteiger partial charge in [0.15, 0.2) is 0 Å². The van der Waals surface area contributed by atoms with Gasteiger partial charge in [-0.15, -0.1) is 11.8 Å². The van der Waals surface area contributed by atoms with Crippen LogP contribution < -0.4 is 0 Å². The van der Waals surface area contributed by atoms with Gasteiger partial charge in [-0.1, -0.05) is 31.6 Å². The summed E-state index contributed by atoms with van der Waals surface area (Å²) in [5.74, 6) is 0.638. The average Bonchev–Trinajstić information content (AvgIpc) is 2.84. The van der Waals surface area contributed by atoms with Crippen LogP contribution in [-0.2, 0) is 4.79 Å². The number of allylic oxidation sites excluding steroid dienone is 3. The number of hydrogen-bond acceptors (Lipinski definition) is 2. The Morgan fingerprint density at radius 3 is 2.59 bits per heavy atom. The number of carbonyl (C=O) groups excluding carboxylic acids is 1. The largest absolute Gasteiger partial charge is 0.342 e. The molecule has 2 heterocycles. The number of rotatable bonds is 2.